The quantitative estimate of drug-likeness (QED) is 0.839. The Morgan fingerprint density at radius 1 is 1.30 bits per heavy atom. The number of nitrogens with one attached hydrogen (secondary N) is 2. The van der Waals surface area contributed by atoms with Crippen molar-refractivity contribution in [3.05, 3.63) is 30.1 Å². The molecule has 2 N–H and O–H groups in total. The first kappa shape index (κ1) is 17.7. The number of hydrogen-bond acceptors (Lipinski definition) is 4. The van der Waals surface area contributed by atoms with Gasteiger partial charge in [0.25, 0.3) is 0 Å². The summed E-state index contributed by atoms with van der Waals surface area (Å²) < 4.78 is 5.41. The number of rotatable bonds is 6. The molecule has 2 atom stereocenters. The third-order valence-electron chi connectivity index (χ3n) is 4.24. The fraction of sp³-hybridized carbons (Fsp3) is 0.647. The largest absolute Gasteiger partial charge is 0.379 e. The number of carbonyl (C=O) groups is 1. The Morgan fingerprint density at radius 2 is 2.04 bits per heavy atom. The Labute approximate surface area is 138 Å². The van der Waals surface area contributed by atoms with Crippen LogP contribution in [0.4, 0.5) is 4.79 Å². The minimum absolute atomic E-state index is 0.114. The molecule has 0 spiro atoms. The standard InChI is InChI=1S/C17H28N4O2/c1-13(2)16(21-8-10-23-11-9-21)12-19-17(22)20-14(3)15-6-4-5-7-18-15/h4-7,13-14,16H,8-12H2,1-3H3,(H2,19,20,22)/t14-,16-/m0/s1. The van der Waals surface area contributed by atoms with E-state index in [0.29, 0.717) is 18.5 Å². The third kappa shape index (κ3) is 5.48. The predicted octanol–water partition coefficient (Wildman–Crippen LogP) is 1.80. The van der Waals surface area contributed by atoms with Crippen molar-refractivity contribution >= 4 is 6.03 Å². The molecule has 2 rings (SSSR count). The van der Waals surface area contributed by atoms with E-state index in [1.165, 1.54) is 0 Å². The maximum Gasteiger partial charge on any atom is 0.315 e. The van der Waals surface area contributed by atoms with Gasteiger partial charge in [-0.25, -0.2) is 4.79 Å². The highest BCUT2D eigenvalue weighted by Gasteiger charge is 2.24. The lowest BCUT2D eigenvalue weighted by Gasteiger charge is -2.37. The van der Waals surface area contributed by atoms with Gasteiger partial charge in [0, 0.05) is 31.9 Å². The summed E-state index contributed by atoms with van der Waals surface area (Å²) in [5.41, 5.74) is 0.858. The van der Waals surface area contributed by atoms with Gasteiger partial charge in [0.2, 0.25) is 0 Å². The lowest BCUT2D eigenvalue weighted by atomic mass is 10.0. The average molecular weight is 320 g/mol. The summed E-state index contributed by atoms with van der Waals surface area (Å²) in [5, 5.41) is 5.94. The third-order valence-corrected chi connectivity index (χ3v) is 4.24. The molecule has 1 aromatic heterocycles. The van der Waals surface area contributed by atoms with Crippen LogP contribution in [0, 0.1) is 5.92 Å². The topological polar surface area (TPSA) is 66.5 Å². The number of pyridine rings is 1. The van der Waals surface area contributed by atoms with Crippen LogP contribution in [0.15, 0.2) is 24.4 Å². The molecule has 1 saturated heterocycles. The van der Waals surface area contributed by atoms with Crippen LogP contribution in [0.5, 0.6) is 0 Å². The van der Waals surface area contributed by atoms with E-state index < -0.39 is 0 Å². The highest BCUT2D eigenvalue weighted by molar-refractivity contribution is 5.74. The van der Waals surface area contributed by atoms with Gasteiger partial charge in [-0.3, -0.25) is 9.88 Å². The number of urea groups is 1. The first-order valence-electron chi connectivity index (χ1n) is 8.35. The van der Waals surface area contributed by atoms with Gasteiger partial charge in [0.05, 0.1) is 24.9 Å². The normalized spacial score (nSPS) is 18.4. The van der Waals surface area contributed by atoms with Gasteiger partial charge >= 0.3 is 6.03 Å². The monoisotopic (exact) mass is 320 g/mol. The number of ether oxygens (including phenoxy) is 1. The lowest BCUT2D eigenvalue weighted by molar-refractivity contribution is 0.00718. The summed E-state index contributed by atoms with van der Waals surface area (Å²) in [6, 6.07) is 5.77. The average Bonchev–Trinajstić information content (AvgIpc) is 2.56. The van der Waals surface area contributed by atoms with Crippen molar-refractivity contribution < 1.29 is 9.53 Å². The van der Waals surface area contributed by atoms with Crippen LogP contribution in [0.25, 0.3) is 0 Å². The minimum atomic E-state index is -0.151. The Morgan fingerprint density at radius 3 is 2.65 bits per heavy atom. The Balaban J connectivity index is 1.81. The van der Waals surface area contributed by atoms with E-state index in [2.05, 4.69) is 34.4 Å². The van der Waals surface area contributed by atoms with Crippen LogP contribution >= 0.6 is 0 Å². The Bertz CT molecular complexity index is 475. The molecule has 2 heterocycles. The Kier molecular flexibility index (Phi) is 6.80. The number of carbonyl (C=O) groups excluding carboxylic acids is 1. The van der Waals surface area contributed by atoms with Crippen molar-refractivity contribution in [2.45, 2.75) is 32.9 Å². The maximum atomic E-state index is 12.1. The van der Waals surface area contributed by atoms with Crippen molar-refractivity contribution in [1.29, 1.82) is 0 Å². The molecular formula is C17H28N4O2. The van der Waals surface area contributed by atoms with E-state index in [1.807, 2.05) is 25.1 Å². The molecule has 0 unspecified atom stereocenters. The molecule has 1 aliphatic rings. The smallest absolute Gasteiger partial charge is 0.315 e. The molecule has 1 fully saturated rings. The van der Waals surface area contributed by atoms with Crippen molar-refractivity contribution in [2.24, 2.45) is 5.92 Å². The molecule has 1 aromatic rings. The summed E-state index contributed by atoms with van der Waals surface area (Å²) >= 11 is 0. The lowest BCUT2D eigenvalue weighted by Crippen LogP contribution is -2.52. The summed E-state index contributed by atoms with van der Waals surface area (Å²) in [5.74, 6) is 0.474. The zero-order chi connectivity index (χ0) is 16.7. The van der Waals surface area contributed by atoms with E-state index in [9.17, 15) is 4.79 Å². The molecular weight excluding hydrogens is 292 g/mol. The van der Waals surface area contributed by atoms with Gasteiger partial charge in [0.15, 0.2) is 0 Å². The molecule has 0 radical (unpaired) electrons. The van der Waals surface area contributed by atoms with Crippen LogP contribution < -0.4 is 10.6 Å². The molecule has 1 aliphatic heterocycles. The van der Waals surface area contributed by atoms with E-state index >= 15 is 0 Å². The van der Waals surface area contributed by atoms with Crippen molar-refractivity contribution in [2.75, 3.05) is 32.8 Å². The predicted molar refractivity (Wildman–Crippen MR) is 90.2 cm³/mol. The minimum Gasteiger partial charge on any atom is -0.379 e. The first-order valence-corrected chi connectivity index (χ1v) is 8.35. The van der Waals surface area contributed by atoms with Crippen LogP contribution in [0.2, 0.25) is 0 Å². The molecule has 6 heteroatoms. The molecule has 0 aromatic carbocycles. The number of nitrogens with zero attached hydrogens (tertiary/aromatic N) is 2. The Hall–Kier alpha value is -1.66. The summed E-state index contributed by atoms with van der Waals surface area (Å²) in [7, 11) is 0. The van der Waals surface area contributed by atoms with Gasteiger partial charge in [-0.1, -0.05) is 19.9 Å². The summed E-state index contributed by atoms with van der Waals surface area (Å²) in [6.45, 7) is 10.3. The molecule has 2 amide bonds. The molecule has 0 aliphatic carbocycles. The van der Waals surface area contributed by atoms with Crippen molar-refractivity contribution in [3.8, 4) is 0 Å². The van der Waals surface area contributed by atoms with Crippen LogP contribution in [-0.2, 0) is 4.74 Å². The molecule has 128 valence electrons. The van der Waals surface area contributed by atoms with E-state index in [-0.39, 0.29) is 12.1 Å². The number of hydrogen-bond donors (Lipinski definition) is 2. The van der Waals surface area contributed by atoms with Gasteiger partial charge < -0.3 is 15.4 Å². The SMILES string of the molecule is CC(C)[C@H](CNC(=O)N[C@@H](C)c1ccccn1)N1CCOCC1. The van der Waals surface area contributed by atoms with E-state index in [1.54, 1.807) is 6.20 Å². The summed E-state index contributed by atoms with van der Waals surface area (Å²) in [6.07, 6.45) is 1.73. The molecule has 23 heavy (non-hydrogen) atoms. The van der Waals surface area contributed by atoms with Crippen LogP contribution in [0.3, 0.4) is 0 Å². The van der Waals surface area contributed by atoms with Gasteiger partial charge in [-0.05, 0) is 25.0 Å². The van der Waals surface area contributed by atoms with Crippen LogP contribution in [-0.4, -0.2) is 54.8 Å². The van der Waals surface area contributed by atoms with Crippen molar-refractivity contribution in [1.82, 2.24) is 20.5 Å². The zero-order valence-electron chi connectivity index (χ0n) is 14.3. The van der Waals surface area contributed by atoms with Gasteiger partial charge in [0.1, 0.15) is 0 Å². The molecule has 0 bridgehead atoms. The highest BCUT2D eigenvalue weighted by atomic mass is 16.5. The maximum absolute atomic E-state index is 12.1. The van der Waals surface area contributed by atoms with E-state index in [4.69, 9.17) is 4.74 Å². The fourth-order valence-corrected chi connectivity index (χ4v) is 2.85. The number of morpholine rings is 1. The fourth-order valence-electron chi connectivity index (χ4n) is 2.85. The number of aromatic nitrogens is 1. The van der Waals surface area contributed by atoms with E-state index in [0.717, 1.165) is 32.0 Å². The van der Waals surface area contributed by atoms with Crippen LogP contribution in [0.1, 0.15) is 32.5 Å². The molecule has 6 nitrogen and oxygen atoms in total. The second-order valence-electron chi connectivity index (χ2n) is 6.29. The highest BCUT2D eigenvalue weighted by Crippen LogP contribution is 2.12. The zero-order valence-corrected chi connectivity index (χ0v) is 14.3. The second-order valence-corrected chi connectivity index (χ2v) is 6.29. The number of amides is 2. The van der Waals surface area contributed by atoms with Gasteiger partial charge in [-0.15, -0.1) is 0 Å². The van der Waals surface area contributed by atoms with Gasteiger partial charge in [-0.2, -0.15) is 0 Å². The van der Waals surface area contributed by atoms with Crippen molar-refractivity contribution in [3.63, 3.8) is 0 Å². The first-order chi connectivity index (χ1) is 11.1. The summed E-state index contributed by atoms with van der Waals surface area (Å²) in [4.78, 5) is 18.8. The second kappa shape index (κ2) is 8.84. The molecule has 0 saturated carbocycles.